The number of likely N-dealkylation sites (tertiary alicyclic amines) is 1. The first kappa shape index (κ1) is 24.4. The van der Waals surface area contributed by atoms with Crippen molar-refractivity contribution >= 4 is 41.5 Å². The van der Waals surface area contributed by atoms with Gasteiger partial charge in [0.2, 0.25) is 0 Å². The molecular weight excluding hydrogens is 480 g/mol. The normalized spacial score (nSPS) is 17.8. The molecule has 0 aliphatic carbocycles. The summed E-state index contributed by atoms with van der Waals surface area (Å²) in [4.78, 5) is 7.16. The highest BCUT2D eigenvalue weighted by Crippen LogP contribution is 2.31. The van der Waals surface area contributed by atoms with Crippen molar-refractivity contribution in [1.29, 1.82) is 0 Å². The van der Waals surface area contributed by atoms with Gasteiger partial charge in [0.1, 0.15) is 5.82 Å². The summed E-state index contributed by atoms with van der Waals surface area (Å²) in [5.74, 6) is 1.17. The van der Waals surface area contributed by atoms with Crippen molar-refractivity contribution in [3.05, 3.63) is 34.6 Å². The van der Waals surface area contributed by atoms with Gasteiger partial charge in [0.05, 0.1) is 13.2 Å². The van der Waals surface area contributed by atoms with E-state index in [1.165, 1.54) is 12.1 Å². The van der Waals surface area contributed by atoms with E-state index in [1.807, 2.05) is 6.92 Å². The highest BCUT2D eigenvalue weighted by atomic mass is 127. The smallest absolute Gasteiger partial charge is 0.193 e. The fraction of sp³-hybridized carbons (Fsp3) is 0.650. The van der Waals surface area contributed by atoms with E-state index in [2.05, 4.69) is 31.0 Å². The minimum Gasteiger partial charge on any atom is -0.381 e. The molecule has 0 saturated carbocycles. The first-order valence-electron chi connectivity index (χ1n) is 9.44. The Bertz CT molecular complexity index is 627. The predicted octanol–water partition coefficient (Wildman–Crippen LogP) is 4.70. The Kier molecular flexibility index (Phi) is 10.3. The number of aliphatic imine (C=N–C) groups is 1. The van der Waals surface area contributed by atoms with Crippen LogP contribution in [0.3, 0.4) is 0 Å². The topological polar surface area (TPSA) is 36.9 Å². The molecular formula is C20H32ClFIN3O. The van der Waals surface area contributed by atoms with Crippen LogP contribution in [-0.4, -0.2) is 50.3 Å². The van der Waals surface area contributed by atoms with Crippen LogP contribution in [0.15, 0.2) is 23.2 Å². The third-order valence-electron chi connectivity index (χ3n) is 4.76. The second-order valence-electron chi connectivity index (χ2n) is 7.44. The van der Waals surface area contributed by atoms with Crippen LogP contribution in [0.2, 0.25) is 5.02 Å². The van der Waals surface area contributed by atoms with Crippen molar-refractivity contribution in [2.24, 2.45) is 10.9 Å². The highest BCUT2D eigenvalue weighted by Gasteiger charge is 2.27. The quantitative estimate of drug-likeness (QED) is 0.328. The Hall–Kier alpha value is -0.600. The minimum atomic E-state index is -0.316. The van der Waals surface area contributed by atoms with Crippen molar-refractivity contribution in [1.82, 2.24) is 10.2 Å². The molecule has 1 fully saturated rings. The number of nitrogens with zero attached hydrogens (tertiary/aromatic N) is 2. The van der Waals surface area contributed by atoms with E-state index in [1.54, 1.807) is 6.07 Å². The van der Waals surface area contributed by atoms with Crippen molar-refractivity contribution < 1.29 is 9.13 Å². The van der Waals surface area contributed by atoms with E-state index in [0.29, 0.717) is 17.5 Å². The molecule has 1 unspecified atom stereocenters. The summed E-state index contributed by atoms with van der Waals surface area (Å²) in [5.41, 5.74) is 0.631. The molecule has 2 rings (SSSR count). The molecule has 1 aliphatic rings. The van der Waals surface area contributed by atoms with Gasteiger partial charge in [-0.25, -0.2) is 4.39 Å². The second kappa shape index (κ2) is 11.4. The third-order valence-corrected chi connectivity index (χ3v) is 5.08. The number of ether oxygens (including phenoxy) is 1. The van der Waals surface area contributed by atoms with Crippen molar-refractivity contribution in [3.63, 3.8) is 0 Å². The molecule has 1 aromatic carbocycles. The van der Waals surface area contributed by atoms with E-state index in [4.69, 9.17) is 21.3 Å². The zero-order chi connectivity index (χ0) is 19.2. The summed E-state index contributed by atoms with van der Waals surface area (Å²) in [5, 5.41) is 3.84. The summed E-state index contributed by atoms with van der Waals surface area (Å²) >= 11 is 6.26. The Balaban J connectivity index is 0.00000364. The third kappa shape index (κ3) is 7.06. The van der Waals surface area contributed by atoms with Gasteiger partial charge in [-0.05, 0) is 38.0 Å². The number of hydrogen-bond donors (Lipinski definition) is 1. The second-order valence-corrected chi connectivity index (χ2v) is 7.85. The van der Waals surface area contributed by atoms with E-state index >= 15 is 0 Å². The van der Waals surface area contributed by atoms with E-state index in [9.17, 15) is 4.39 Å². The molecule has 154 valence electrons. The Labute approximate surface area is 184 Å². The van der Waals surface area contributed by atoms with E-state index < -0.39 is 0 Å². The molecule has 1 aromatic rings. The molecule has 0 aromatic heterocycles. The lowest BCUT2D eigenvalue weighted by Crippen LogP contribution is -2.41. The van der Waals surface area contributed by atoms with Gasteiger partial charge in [-0.2, -0.15) is 0 Å². The molecule has 1 atom stereocenters. The molecule has 7 heteroatoms. The molecule has 27 heavy (non-hydrogen) atoms. The number of halogens is 3. The molecule has 0 amide bonds. The minimum absolute atomic E-state index is 0. The number of hydrogen-bond acceptors (Lipinski definition) is 2. The molecule has 1 heterocycles. The highest BCUT2D eigenvalue weighted by molar-refractivity contribution is 14.0. The van der Waals surface area contributed by atoms with E-state index in [-0.39, 0.29) is 35.2 Å². The lowest BCUT2D eigenvalue weighted by atomic mass is 9.84. The van der Waals surface area contributed by atoms with Gasteiger partial charge in [0, 0.05) is 42.6 Å². The van der Waals surface area contributed by atoms with Crippen LogP contribution < -0.4 is 5.32 Å². The first-order valence-corrected chi connectivity index (χ1v) is 9.81. The van der Waals surface area contributed by atoms with E-state index in [0.717, 1.165) is 50.8 Å². The van der Waals surface area contributed by atoms with Gasteiger partial charge >= 0.3 is 0 Å². The summed E-state index contributed by atoms with van der Waals surface area (Å²) in [6, 6.07) is 4.58. The molecule has 1 N–H and O–H groups in total. The zero-order valence-corrected chi connectivity index (χ0v) is 19.8. The molecule has 0 radical (unpaired) electrons. The van der Waals surface area contributed by atoms with Crippen LogP contribution in [0.25, 0.3) is 0 Å². The van der Waals surface area contributed by atoms with Gasteiger partial charge in [-0.1, -0.05) is 31.5 Å². The van der Waals surface area contributed by atoms with Crippen LogP contribution in [0.1, 0.15) is 39.7 Å². The van der Waals surface area contributed by atoms with Crippen molar-refractivity contribution in [2.45, 2.75) is 39.5 Å². The largest absolute Gasteiger partial charge is 0.381 e. The standard InChI is InChI=1S/C20H31ClFN3O.HI/c1-5-23-19(25-10-9-15(12-25)13-26-6-2)24-14-20(3,4)17-8-7-16(22)11-18(17)21;/h7-8,11,15H,5-6,9-10,12-14H2,1-4H3,(H,23,24);1H. The first-order chi connectivity index (χ1) is 12.4. The lowest BCUT2D eigenvalue weighted by Gasteiger charge is -2.27. The number of rotatable bonds is 7. The van der Waals surface area contributed by atoms with Crippen LogP contribution in [0.5, 0.6) is 0 Å². The van der Waals surface area contributed by atoms with Crippen LogP contribution in [-0.2, 0) is 10.2 Å². The van der Waals surface area contributed by atoms with Crippen LogP contribution in [0, 0.1) is 11.7 Å². The summed E-state index contributed by atoms with van der Waals surface area (Å²) in [7, 11) is 0. The number of benzene rings is 1. The summed E-state index contributed by atoms with van der Waals surface area (Å²) < 4.78 is 18.9. The Morgan fingerprint density at radius 3 is 2.78 bits per heavy atom. The zero-order valence-electron chi connectivity index (χ0n) is 16.7. The van der Waals surface area contributed by atoms with Gasteiger partial charge in [0.25, 0.3) is 0 Å². The van der Waals surface area contributed by atoms with Gasteiger partial charge in [-0.15, -0.1) is 24.0 Å². The molecule has 4 nitrogen and oxygen atoms in total. The van der Waals surface area contributed by atoms with Gasteiger partial charge < -0.3 is 15.0 Å². The predicted molar refractivity (Wildman–Crippen MR) is 122 cm³/mol. The Morgan fingerprint density at radius 2 is 2.15 bits per heavy atom. The molecule has 1 aliphatic heterocycles. The monoisotopic (exact) mass is 511 g/mol. The fourth-order valence-corrected chi connectivity index (χ4v) is 3.69. The lowest BCUT2D eigenvalue weighted by molar-refractivity contribution is 0.114. The fourth-order valence-electron chi connectivity index (χ4n) is 3.27. The Morgan fingerprint density at radius 1 is 1.41 bits per heavy atom. The molecule has 0 bridgehead atoms. The number of guanidine groups is 1. The average Bonchev–Trinajstić information content (AvgIpc) is 3.05. The summed E-state index contributed by atoms with van der Waals surface area (Å²) in [6.45, 7) is 13.2. The van der Waals surface area contributed by atoms with Crippen molar-refractivity contribution in [3.8, 4) is 0 Å². The maximum Gasteiger partial charge on any atom is 0.193 e. The SMILES string of the molecule is CCNC(=NCC(C)(C)c1ccc(F)cc1Cl)N1CCC(COCC)C1.I. The van der Waals surface area contributed by atoms with Crippen LogP contribution >= 0.6 is 35.6 Å². The summed E-state index contributed by atoms with van der Waals surface area (Å²) in [6.07, 6.45) is 1.12. The average molecular weight is 512 g/mol. The van der Waals surface area contributed by atoms with Gasteiger partial charge in [-0.3, -0.25) is 4.99 Å². The maximum atomic E-state index is 13.3. The van der Waals surface area contributed by atoms with Gasteiger partial charge in [0.15, 0.2) is 5.96 Å². The van der Waals surface area contributed by atoms with Crippen LogP contribution in [0.4, 0.5) is 4.39 Å². The maximum absolute atomic E-state index is 13.3. The molecule has 0 spiro atoms. The number of nitrogens with one attached hydrogen (secondary N) is 1. The molecule has 1 saturated heterocycles. The van der Waals surface area contributed by atoms with Crippen molar-refractivity contribution in [2.75, 3.05) is 39.4 Å².